The van der Waals surface area contributed by atoms with Gasteiger partial charge in [0.05, 0.1) is 6.26 Å². The molecule has 0 aromatic heterocycles. The van der Waals surface area contributed by atoms with Crippen molar-refractivity contribution in [2.24, 2.45) is 0 Å². The molecule has 0 radical (unpaired) electrons. The number of hydrogen-bond acceptors (Lipinski definition) is 2. The first-order chi connectivity index (χ1) is 5.38. The van der Waals surface area contributed by atoms with Crippen molar-refractivity contribution in [3.63, 3.8) is 0 Å². The second kappa shape index (κ2) is 3.66. The molecule has 0 heterocycles. The molecule has 0 spiro atoms. The van der Waals surface area contributed by atoms with Gasteiger partial charge in [-0.15, -0.1) is 0 Å². The number of para-hydroxylation sites is 1. The van der Waals surface area contributed by atoms with Gasteiger partial charge in [-0.2, -0.15) is 0 Å². The summed E-state index contributed by atoms with van der Waals surface area (Å²) in [5.41, 5.74) is 2.00. The van der Waals surface area contributed by atoms with Gasteiger partial charge in [0.15, 0.2) is 0 Å². The third kappa shape index (κ3) is 1.74. The Hall–Kier alpha value is -1.44. The number of rotatable bonds is 2. The topological polar surface area (TPSA) is 32.3 Å². The van der Waals surface area contributed by atoms with E-state index in [2.05, 4.69) is 5.32 Å². The number of benzene rings is 1. The standard InChI is InChI=1S/C9H11NO/c1-10-9-5-3-2-4-8(9)6-7-11/h2-7,10-11H,1H3/b7-6+. The van der Waals surface area contributed by atoms with E-state index < -0.39 is 0 Å². The molecule has 0 bridgehead atoms. The Morgan fingerprint density at radius 1 is 1.36 bits per heavy atom. The van der Waals surface area contributed by atoms with E-state index >= 15 is 0 Å². The fourth-order valence-electron chi connectivity index (χ4n) is 0.950. The van der Waals surface area contributed by atoms with Crippen LogP contribution in [0.3, 0.4) is 0 Å². The average molecular weight is 149 g/mol. The van der Waals surface area contributed by atoms with Crippen molar-refractivity contribution in [3.8, 4) is 0 Å². The number of aliphatic hydroxyl groups is 1. The second-order valence-corrected chi connectivity index (χ2v) is 2.15. The van der Waals surface area contributed by atoms with E-state index in [1.807, 2.05) is 31.3 Å². The van der Waals surface area contributed by atoms with Crippen LogP contribution < -0.4 is 5.32 Å². The third-order valence-electron chi connectivity index (χ3n) is 1.48. The summed E-state index contributed by atoms with van der Waals surface area (Å²) in [6.45, 7) is 0. The van der Waals surface area contributed by atoms with Crippen LogP contribution in [0.2, 0.25) is 0 Å². The molecule has 1 rings (SSSR count). The largest absolute Gasteiger partial charge is 0.516 e. The van der Waals surface area contributed by atoms with Crippen molar-refractivity contribution in [2.45, 2.75) is 0 Å². The molecule has 0 amide bonds. The lowest BCUT2D eigenvalue weighted by atomic mass is 10.2. The zero-order valence-corrected chi connectivity index (χ0v) is 6.41. The summed E-state index contributed by atoms with van der Waals surface area (Å²) in [7, 11) is 1.85. The highest BCUT2D eigenvalue weighted by Gasteiger charge is 1.92. The fourth-order valence-corrected chi connectivity index (χ4v) is 0.950. The summed E-state index contributed by atoms with van der Waals surface area (Å²) in [5, 5.41) is 11.5. The molecule has 0 atom stereocenters. The maximum atomic E-state index is 8.53. The predicted octanol–water partition coefficient (Wildman–Crippen LogP) is 2.26. The number of aliphatic hydroxyl groups excluding tert-OH is 1. The van der Waals surface area contributed by atoms with Crippen LogP contribution in [-0.2, 0) is 0 Å². The first-order valence-electron chi connectivity index (χ1n) is 3.46. The Morgan fingerprint density at radius 2 is 2.09 bits per heavy atom. The SMILES string of the molecule is CNc1ccccc1/C=C/O. The van der Waals surface area contributed by atoms with Crippen LogP contribution in [0.5, 0.6) is 0 Å². The summed E-state index contributed by atoms with van der Waals surface area (Å²) in [6.07, 6.45) is 2.68. The second-order valence-electron chi connectivity index (χ2n) is 2.15. The predicted molar refractivity (Wildman–Crippen MR) is 47.7 cm³/mol. The van der Waals surface area contributed by atoms with Gasteiger partial charge in [0, 0.05) is 18.3 Å². The van der Waals surface area contributed by atoms with Gasteiger partial charge in [-0.25, -0.2) is 0 Å². The highest BCUT2D eigenvalue weighted by Crippen LogP contribution is 2.14. The first-order valence-corrected chi connectivity index (χ1v) is 3.46. The molecule has 0 unspecified atom stereocenters. The fraction of sp³-hybridized carbons (Fsp3) is 0.111. The maximum absolute atomic E-state index is 8.53. The van der Waals surface area contributed by atoms with Crippen molar-refractivity contribution in [2.75, 3.05) is 12.4 Å². The molecular weight excluding hydrogens is 138 g/mol. The van der Waals surface area contributed by atoms with Gasteiger partial charge >= 0.3 is 0 Å². The zero-order chi connectivity index (χ0) is 8.10. The Labute approximate surface area is 66.2 Å². The highest BCUT2D eigenvalue weighted by molar-refractivity contribution is 5.65. The third-order valence-corrected chi connectivity index (χ3v) is 1.48. The van der Waals surface area contributed by atoms with Crippen LogP contribution >= 0.6 is 0 Å². The molecule has 1 aromatic rings. The average Bonchev–Trinajstić information content (AvgIpc) is 2.06. The van der Waals surface area contributed by atoms with Gasteiger partial charge in [-0.1, -0.05) is 18.2 Å². The summed E-state index contributed by atoms with van der Waals surface area (Å²) < 4.78 is 0. The van der Waals surface area contributed by atoms with E-state index in [1.54, 1.807) is 6.08 Å². The first kappa shape index (κ1) is 7.66. The smallest absolute Gasteiger partial charge is 0.0798 e. The molecule has 0 aliphatic heterocycles. The van der Waals surface area contributed by atoms with Gasteiger partial charge in [-0.3, -0.25) is 0 Å². The number of hydrogen-bond donors (Lipinski definition) is 2. The van der Waals surface area contributed by atoms with E-state index in [1.165, 1.54) is 0 Å². The van der Waals surface area contributed by atoms with E-state index in [-0.39, 0.29) is 0 Å². The molecule has 0 aliphatic carbocycles. The summed E-state index contributed by atoms with van der Waals surface area (Å²) >= 11 is 0. The Bertz CT molecular complexity index is 255. The summed E-state index contributed by atoms with van der Waals surface area (Å²) in [5.74, 6) is 0. The van der Waals surface area contributed by atoms with Crippen molar-refractivity contribution in [1.82, 2.24) is 0 Å². The number of anilines is 1. The van der Waals surface area contributed by atoms with E-state index in [0.717, 1.165) is 17.5 Å². The molecule has 58 valence electrons. The normalized spacial score (nSPS) is 10.3. The minimum absolute atomic E-state index is 0.984. The quantitative estimate of drug-likeness (QED) is 0.632. The molecule has 2 nitrogen and oxygen atoms in total. The van der Waals surface area contributed by atoms with Crippen LogP contribution in [0, 0.1) is 0 Å². The monoisotopic (exact) mass is 149 g/mol. The highest BCUT2D eigenvalue weighted by atomic mass is 16.2. The van der Waals surface area contributed by atoms with Gasteiger partial charge in [0.2, 0.25) is 0 Å². The molecule has 2 N–H and O–H groups in total. The van der Waals surface area contributed by atoms with Gasteiger partial charge < -0.3 is 10.4 Å². The van der Waals surface area contributed by atoms with Crippen LogP contribution in [0.25, 0.3) is 6.08 Å². The van der Waals surface area contributed by atoms with Crippen LogP contribution in [0.15, 0.2) is 30.5 Å². The molecule has 1 aromatic carbocycles. The van der Waals surface area contributed by atoms with Gasteiger partial charge in [-0.05, 0) is 12.1 Å². The van der Waals surface area contributed by atoms with Crippen molar-refractivity contribution in [3.05, 3.63) is 36.1 Å². The number of nitrogens with one attached hydrogen (secondary N) is 1. The Balaban J connectivity index is 3.02. The molecule has 0 saturated carbocycles. The molecule has 11 heavy (non-hydrogen) atoms. The van der Waals surface area contributed by atoms with Gasteiger partial charge in [0.1, 0.15) is 0 Å². The van der Waals surface area contributed by atoms with Crippen LogP contribution in [0.1, 0.15) is 5.56 Å². The summed E-state index contributed by atoms with van der Waals surface area (Å²) in [6, 6.07) is 7.75. The van der Waals surface area contributed by atoms with E-state index in [9.17, 15) is 0 Å². The molecule has 0 aliphatic rings. The summed E-state index contributed by atoms with van der Waals surface area (Å²) in [4.78, 5) is 0. The van der Waals surface area contributed by atoms with E-state index in [4.69, 9.17) is 5.11 Å². The zero-order valence-electron chi connectivity index (χ0n) is 6.41. The molecule has 0 fully saturated rings. The maximum Gasteiger partial charge on any atom is 0.0798 e. The van der Waals surface area contributed by atoms with Crippen molar-refractivity contribution in [1.29, 1.82) is 0 Å². The van der Waals surface area contributed by atoms with E-state index in [0.29, 0.717) is 0 Å². The van der Waals surface area contributed by atoms with Crippen molar-refractivity contribution >= 4 is 11.8 Å². The minimum atomic E-state index is 0.984. The van der Waals surface area contributed by atoms with Gasteiger partial charge in [0.25, 0.3) is 0 Å². The van der Waals surface area contributed by atoms with Crippen LogP contribution in [0.4, 0.5) is 5.69 Å². The molecule has 2 heteroatoms. The van der Waals surface area contributed by atoms with Crippen molar-refractivity contribution < 1.29 is 5.11 Å². The molecular formula is C9H11NO. The minimum Gasteiger partial charge on any atom is -0.516 e. The Kier molecular flexibility index (Phi) is 2.55. The Morgan fingerprint density at radius 3 is 2.73 bits per heavy atom. The van der Waals surface area contributed by atoms with Crippen LogP contribution in [-0.4, -0.2) is 12.2 Å². The lowest BCUT2D eigenvalue weighted by Crippen LogP contribution is -1.89. The lowest BCUT2D eigenvalue weighted by Gasteiger charge is -2.02. The lowest BCUT2D eigenvalue weighted by molar-refractivity contribution is 0.478. The molecule has 0 saturated heterocycles.